The number of hydrogen-bond donors (Lipinski definition) is 1. The first kappa shape index (κ1) is 27.5. The minimum absolute atomic E-state index is 0. The molecule has 6 heteroatoms. The quantitative estimate of drug-likeness (QED) is 0.455. The summed E-state index contributed by atoms with van der Waals surface area (Å²) in [4.78, 5) is 2.42. The fourth-order valence-electron chi connectivity index (χ4n) is 2.91. The highest BCUT2D eigenvalue weighted by atomic mass is 35.5. The molecule has 0 radical (unpaired) electrons. The molecule has 4 nitrogen and oxygen atoms in total. The number of ether oxygens (including phenoxy) is 2. The normalized spacial score (nSPS) is 10.2. The van der Waals surface area contributed by atoms with E-state index < -0.39 is 0 Å². The van der Waals surface area contributed by atoms with Crippen molar-refractivity contribution in [3.05, 3.63) is 59.2 Å². The minimum atomic E-state index is 0. The molecule has 0 saturated carbocycles. The fraction of sp³-hybridized carbons (Fsp3) is 0.478. The Labute approximate surface area is 188 Å². The highest BCUT2D eigenvalue weighted by Gasteiger charge is 2.07. The molecule has 0 fully saturated rings. The molecule has 164 valence electrons. The van der Waals surface area contributed by atoms with E-state index in [4.69, 9.17) is 9.47 Å². The molecule has 0 amide bonds. The van der Waals surface area contributed by atoms with Crippen LogP contribution in [-0.4, -0.2) is 37.7 Å². The molecule has 1 N–H and O–H groups in total. The average molecular weight is 443 g/mol. The third-order valence-corrected chi connectivity index (χ3v) is 4.65. The Morgan fingerprint density at radius 2 is 1.48 bits per heavy atom. The van der Waals surface area contributed by atoms with Gasteiger partial charge in [0.15, 0.2) is 11.5 Å². The minimum Gasteiger partial charge on any atom is -0.490 e. The molecule has 0 saturated heterocycles. The summed E-state index contributed by atoms with van der Waals surface area (Å²) in [5, 5.41) is 3.51. The summed E-state index contributed by atoms with van der Waals surface area (Å²) >= 11 is 0. The second kappa shape index (κ2) is 15.4. The van der Waals surface area contributed by atoms with Crippen molar-refractivity contribution in [2.24, 2.45) is 0 Å². The topological polar surface area (TPSA) is 33.7 Å². The van der Waals surface area contributed by atoms with Crippen LogP contribution in [0.15, 0.2) is 42.5 Å². The number of aryl methyl sites for hydroxylation is 1. The molecule has 2 aromatic carbocycles. The number of nitrogens with zero attached hydrogens (tertiary/aromatic N) is 1. The molecule has 0 unspecified atom stereocenters. The van der Waals surface area contributed by atoms with Gasteiger partial charge in [0, 0.05) is 19.6 Å². The summed E-state index contributed by atoms with van der Waals surface area (Å²) in [6.07, 6.45) is 0. The largest absolute Gasteiger partial charge is 0.490 e. The van der Waals surface area contributed by atoms with Gasteiger partial charge in [0.1, 0.15) is 6.61 Å². The zero-order valence-electron chi connectivity index (χ0n) is 18.1. The van der Waals surface area contributed by atoms with Crippen LogP contribution in [0.2, 0.25) is 0 Å². The molecular weight excluding hydrogens is 407 g/mol. The van der Waals surface area contributed by atoms with Crippen molar-refractivity contribution < 1.29 is 9.47 Å². The van der Waals surface area contributed by atoms with E-state index in [0.29, 0.717) is 13.2 Å². The third kappa shape index (κ3) is 9.72. The Morgan fingerprint density at radius 3 is 2.10 bits per heavy atom. The molecular formula is C23H36Cl2N2O2. The summed E-state index contributed by atoms with van der Waals surface area (Å²) in [5.41, 5.74) is 3.62. The fourth-order valence-corrected chi connectivity index (χ4v) is 2.91. The van der Waals surface area contributed by atoms with E-state index in [1.807, 2.05) is 13.0 Å². The van der Waals surface area contributed by atoms with Gasteiger partial charge in [0.25, 0.3) is 0 Å². The molecule has 0 aromatic heterocycles. The Balaban J connectivity index is 0.00000392. The highest BCUT2D eigenvalue weighted by Crippen LogP contribution is 2.29. The van der Waals surface area contributed by atoms with Crippen molar-refractivity contribution in [1.82, 2.24) is 10.2 Å². The summed E-state index contributed by atoms with van der Waals surface area (Å²) in [5.74, 6) is 1.61. The average Bonchev–Trinajstić information content (AvgIpc) is 2.69. The van der Waals surface area contributed by atoms with Gasteiger partial charge in [-0.05, 0) is 50.2 Å². The smallest absolute Gasteiger partial charge is 0.161 e. The van der Waals surface area contributed by atoms with E-state index in [1.54, 1.807) is 0 Å². The number of rotatable bonds is 12. The second-order valence-corrected chi connectivity index (χ2v) is 6.69. The first-order valence-corrected chi connectivity index (χ1v) is 10.0. The summed E-state index contributed by atoms with van der Waals surface area (Å²) in [6, 6.07) is 14.6. The standard InChI is InChI=1S/C23H34N2O2.2ClH/c1-5-25(6-2)15-14-24-17-21-12-13-22(23(16-21)26-7-3)27-18-20-10-8-19(4)9-11-20;;/h8-13,16,24H,5-7,14-15,17-18H2,1-4H3;2*1H. The predicted octanol–water partition coefficient (Wildman–Crippen LogP) is 5.25. The van der Waals surface area contributed by atoms with Crippen molar-refractivity contribution in [3.63, 3.8) is 0 Å². The van der Waals surface area contributed by atoms with Crippen LogP contribution in [0.1, 0.15) is 37.5 Å². The Bertz CT molecular complexity index is 677. The van der Waals surface area contributed by atoms with Gasteiger partial charge >= 0.3 is 0 Å². The molecule has 0 bridgehead atoms. The summed E-state index contributed by atoms with van der Waals surface area (Å²) in [7, 11) is 0. The maximum absolute atomic E-state index is 6.00. The molecule has 0 aliphatic rings. The van der Waals surface area contributed by atoms with E-state index >= 15 is 0 Å². The molecule has 0 heterocycles. The number of benzene rings is 2. The van der Waals surface area contributed by atoms with Crippen LogP contribution in [0.5, 0.6) is 11.5 Å². The van der Waals surface area contributed by atoms with Gasteiger partial charge in [-0.25, -0.2) is 0 Å². The second-order valence-electron chi connectivity index (χ2n) is 6.69. The van der Waals surface area contributed by atoms with E-state index in [1.165, 1.54) is 11.1 Å². The van der Waals surface area contributed by atoms with Gasteiger partial charge in [-0.2, -0.15) is 0 Å². The van der Waals surface area contributed by atoms with Gasteiger partial charge in [0.2, 0.25) is 0 Å². The van der Waals surface area contributed by atoms with Gasteiger partial charge in [-0.1, -0.05) is 49.7 Å². The van der Waals surface area contributed by atoms with Crippen LogP contribution in [0.4, 0.5) is 0 Å². The molecule has 0 spiro atoms. The van der Waals surface area contributed by atoms with Crippen LogP contribution in [0, 0.1) is 6.92 Å². The predicted molar refractivity (Wildman–Crippen MR) is 127 cm³/mol. The van der Waals surface area contributed by atoms with E-state index in [-0.39, 0.29) is 24.8 Å². The van der Waals surface area contributed by atoms with E-state index in [2.05, 4.69) is 67.4 Å². The van der Waals surface area contributed by atoms with Crippen LogP contribution in [0.3, 0.4) is 0 Å². The van der Waals surface area contributed by atoms with Gasteiger partial charge in [0.05, 0.1) is 6.61 Å². The SMILES string of the molecule is CCOc1cc(CNCCN(CC)CC)ccc1OCc1ccc(C)cc1.Cl.Cl. The monoisotopic (exact) mass is 442 g/mol. The van der Waals surface area contributed by atoms with Crippen molar-refractivity contribution in [2.75, 3.05) is 32.8 Å². The van der Waals surface area contributed by atoms with E-state index in [9.17, 15) is 0 Å². The van der Waals surface area contributed by atoms with Gasteiger partial charge < -0.3 is 19.7 Å². The van der Waals surface area contributed by atoms with Crippen LogP contribution in [-0.2, 0) is 13.2 Å². The highest BCUT2D eigenvalue weighted by molar-refractivity contribution is 5.85. The molecule has 0 atom stereocenters. The molecule has 0 aliphatic carbocycles. The van der Waals surface area contributed by atoms with Gasteiger partial charge in [-0.3, -0.25) is 0 Å². The maximum Gasteiger partial charge on any atom is 0.161 e. The van der Waals surface area contributed by atoms with Crippen molar-refractivity contribution in [1.29, 1.82) is 0 Å². The first-order valence-electron chi connectivity index (χ1n) is 10.0. The lowest BCUT2D eigenvalue weighted by Crippen LogP contribution is -2.31. The molecule has 2 rings (SSSR count). The molecule has 2 aromatic rings. The zero-order chi connectivity index (χ0) is 19.5. The van der Waals surface area contributed by atoms with Crippen LogP contribution >= 0.6 is 24.8 Å². The lowest BCUT2D eigenvalue weighted by molar-refractivity contribution is 0.269. The number of nitrogens with one attached hydrogen (secondary N) is 1. The third-order valence-electron chi connectivity index (χ3n) is 4.65. The zero-order valence-corrected chi connectivity index (χ0v) is 19.7. The van der Waals surface area contributed by atoms with Gasteiger partial charge in [-0.15, -0.1) is 24.8 Å². The first-order chi connectivity index (χ1) is 13.2. The lowest BCUT2D eigenvalue weighted by atomic mass is 10.1. The Kier molecular flexibility index (Phi) is 14.6. The van der Waals surface area contributed by atoms with E-state index in [0.717, 1.165) is 49.8 Å². The number of hydrogen-bond acceptors (Lipinski definition) is 4. The molecule has 0 aliphatic heterocycles. The maximum atomic E-state index is 6.00. The summed E-state index contributed by atoms with van der Waals surface area (Å²) < 4.78 is 11.8. The number of halogens is 2. The Hall–Kier alpha value is -1.46. The van der Waals surface area contributed by atoms with Crippen LogP contribution < -0.4 is 14.8 Å². The van der Waals surface area contributed by atoms with Crippen molar-refractivity contribution in [2.45, 2.75) is 40.8 Å². The lowest BCUT2D eigenvalue weighted by Gasteiger charge is -2.18. The summed E-state index contributed by atoms with van der Waals surface area (Å²) in [6.45, 7) is 14.7. The van der Waals surface area contributed by atoms with Crippen molar-refractivity contribution >= 4 is 24.8 Å². The van der Waals surface area contributed by atoms with Crippen LogP contribution in [0.25, 0.3) is 0 Å². The number of likely N-dealkylation sites (N-methyl/N-ethyl adjacent to an activating group) is 1. The van der Waals surface area contributed by atoms with Crippen molar-refractivity contribution in [3.8, 4) is 11.5 Å². The molecule has 29 heavy (non-hydrogen) atoms. The Morgan fingerprint density at radius 1 is 0.828 bits per heavy atom.